The predicted molar refractivity (Wildman–Crippen MR) is 113 cm³/mol. The van der Waals surface area contributed by atoms with Gasteiger partial charge in [0.25, 0.3) is 5.69 Å². The monoisotopic (exact) mass is 397 g/mol. The summed E-state index contributed by atoms with van der Waals surface area (Å²) in [4.78, 5) is 22.9. The zero-order valence-corrected chi connectivity index (χ0v) is 16.7. The lowest BCUT2D eigenvalue weighted by molar-refractivity contribution is -0.393. The van der Waals surface area contributed by atoms with Gasteiger partial charge in [0, 0.05) is 24.3 Å². The van der Waals surface area contributed by atoms with E-state index in [2.05, 4.69) is 55.4 Å². The van der Waals surface area contributed by atoms with Crippen LogP contribution in [-0.2, 0) is 0 Å². The van der Waals surface area contributed by atoms with E-state index >= 15 is 0 Å². The average Bonchev–Trinajstić information content (AvgIpc) is 2.66. The molecule has 0 aromatic heterocycles. The van der Waals surface area contributed by atoms with Crippen molar-refractivity contribution >= 4 is 29.0 Å². The molecule has 0 saturated heterocycles. The summed E-state index contributed by atoms with van der Waals surface area (Å²) in [5, 5.41) is 26.1. The fourth-order valence-corrected chi connectivity index (χ4v) is 3.73. The summed E-state index contributed by atoms with van der Waals surface area (Å²) >= 11 is 0. The smallest absolute Gasteiger partial charge is 0.301 e. The predicted octanol–water partition coefficient (Wildman–Crippen LogP) is 4.67. The minimum atomic E-state index is -0.678. The van der Waals surface area contributed by atoms with Gasteiger partial charge in [0.05, 0.1) is 22.1 Å². The molecule has 152 valence electrons. The van der Waals surface area contributed by atoms with Crippen molar-refractivity contribution in [2.24, 2.45) is 5.10 Å². The maximum absolute atomic E-state index is 11.2. The molecule has 3 rings (SSSR count). The number of nitro groups is 2. The Bertz CT molecular complexity index is 1000. The molecule has 1 aliphatic rings. The lowest BCUT2D eigenvalue weighted by atomic mass is 9.80. The van der Waals surface area contributed by atoms with Crippen LogP contribution in [0.2, 0.25) is 0 Å². The molecule has 2 aromatic carbocycles. The summed E-state index contributed by atoms with van der Waals surface area (Å²) in [5.74, 6) is 0.397. The Morgan fingerprint density at radius 1 is 1.17 bits per heavy atom. The van der Waals surface area contributed by atoms with Crippen molar-refractivity contribution in [2.75, 3.05) is 17.4 Å². The summed E-state index contributed by atoms with van der Waals surface area (Å²) in [5.41, 5.74) is 5.32. The number of fused-ring (bicyclic) bond motifs is 1. The molecule has 1 aliphatic heterocycles. The zero-order valence-electron chi connectivity index (χ0n) is 16.7. The number of nitro benzene ring substituents is 2. The number of rotatable bonds is 5. The van der Waals surface area contributed by atoms with Crippen LogP contribution in [-0.4, -0.2) is 28.6 Å². The molecule has 9 nitrogen and oxygen atoms in total. The highest BCUT2D eigenvalue weighted by Crippen LogP contribution is 2.42. The van der Waals surface area contributed by atoms with Gasteiger partial charge in [-0.3, -0.25) is 25.7 Å². The molecule has 0 saturated carbocycles. The number of nitrogens with zero attached hydrogens (tertiary/aromatic N) is 4. The summed E-state index contributed by atoms with van der Waals surface area (Å²) in [6, 6.07) is 9.46. The molecule has 0 radical (unpaired) electrons. The summed E-state index contributed by atoms with van der Waals surface area (Å²) in [7, 11) is 2.09. The van der Waals surface area contributed by atoms with E-state index in [1.807, 2.05) is 6.07 Å². The quantitative estimate of drug-likeness (QED) is 0.445. The Morgan fingerprint density at radius 2 is 1.90 bits per heavy atom. The first-order chi connectivity index (χ1) is 13.6. The number of non-ortho nitro benzene ring substituents is 1. The second kappa shape index (κ2) is 7.50. The number of hydrazone groups is 1. The molecule has 0 aliphatic carbocycles. The lowest BCUT2D eigenvalue weighted by Gasteiger charge is -2.45. The minimum absolute atomic E-state index is 0.0818. The highest BCUT2D eigenvalue weighted by atomic mass is 16.6. The Morgan fingerprint density at radius 3 is 2.55 bits per heavy atom. The number of hydrogen-bond acceptors (Lipinski definition) is 7. The van der Waals surface area contributed by atoms with Gasteiger partial charge in [0.2, 0.25) is 0 Å². The van der Waals surface area contributed by atoms with Gasteiger partial charge in [-0.25, -0.2) is 0 Å². The van der Waals surface area contributed by atoms with Crippen molar-refractivity contribution < 1.29 is 9.85 Å². The molecule has 1 heterocycles. The van der Waals surface area contributed by atoms with Gasteiger partial charge in [-0.2, -0.15) is 5.10 Å². The van der Waals surface area contributed by atoms with Gasteiger partial charge in [-0.05, 0) is 55.5 Å². The number of anilines is 2. The Kier molecular flexibility index (Phi) is 5.23. The molecule has 0 unspecified atom stereocenters. The fraction of sp³-hybridized carbons (Fsp3) is 0.350. The number of benzene rings is 2. The SMILES string of the molecule is C[C@@H]1CC(C)(C)N(C)c2ccc(/C=N\Nc3ccc([N+](=O)[O-])cc3[N+](=O)[O-])cc21. The number of nitrogens with one attached hydrogen (secondary N) is 1. The first kappa shape index (κ1) is 20.2. The third-order valence-electron chi connectivity index (χ3n) is 5.45. The minimum Gasteiger partial charge on any atom is -0.369 e. The molecule has 0 bridgehead atoms. The molecule has 0 fully saturated rings. The second-order valence-corrected chi connectivity index (χ2v) is 7.88. The molecule has 9 heteroatoms. The van der Waals surface area contributed by atoms with Crippen LogP contribution >= 0.6 is 0 Å². The lowest BCUT2D eigenvalue weighted by Crippen LogP contribution is -2.45. The van der Waals surface area contributed by atoms with Crippen molar-refractivity contribution in [3.05, 3.63) is 67.8 Å². The number of hydrogen-bond donors (Lipinski definition) is 1. The van der Waals surface area contributed by atoms with Crippen LogP contribution in [0.5, 0.6) is 0 Å². The summed E-state index contributed by atoms with van der Waals surface area (Å²) in [6.45, 7) is 6.65. The second-order valence-electron chi connectivity index (χ2n) is 7.88. The van der Waals surface area contributed by atoms with Crippen LogP contribution < -0.4 is 10.3 Å². The van der Waals surface area contributed by atoms with Gasteiger partial charge in [-0.15, -0.1) is 0 Å². The van der Waals surface area contributed by atoms with Crippen LogP contribution in [0, 0.1) is 20.2 Å². The van der Waals surface area contributed by atoms with Gasteiger partial charge in [0.15, 0.2) is 0 Å². The van der Waals surface area contributed by atoms with E-state index in [9.17, 15) is 20.2 Å². The van der Waals surface area contributed by atoms with Crippen LogP contribution in [0.1, 0.15) is 44.2 Å². The Labute approximate surface area is 168 Å². The first-order valence-electron chi connectivity index (χ1n) is 9.20. The summed E-state index contributed by atoms with van der Waals surface area (Å²) < 4.78 is 0. The maximum Gasteiger partial charge on any atom is 0.301 e. The first-order valence-corrected chi connectivity index (χ1v) is 9.20. The zero-order chi connectivity index (χ0) is 21.3. The topological polar surface area (TPSA) is 114 Å². The Hall–Kier alpha value is -3.49. The molecule has 1 N–H and O–H groups in total. The van der Waals surface area contributed by atoms with E-state index in [0.29, 0.717) is 5.92 Å². The molecular weight excluding hydrogens is 374 g/mol. The standard InChI is InChI=1S/C20H23N5O4/c1-13-11-20(2,3)23(4)18-8-5-14(9-16(13)18)12-21-22-17-7-6-15(24(26)27)10-19(17)25(28)29/h5-10,12-13,22H,11H2,1-4H3/b21-12-/t13-/m1/s1. The van der Waals surface area contributed by atoms with Crippen LogP contribution in [0.4, 0.5) is 22.7 Å². The molecule has 0 amide bonds. The van der Waals surface area contributed by atoms with Gasteiger partial charge in [-0.1, -0.05) is 13.0 Å². The van der Waals surface area contributed by atoms with Crippen LogP contribution in [0.3, 0.4) is 0 Å². The normalized spacial score (nSPS) is 17.8. The van der Waals surface area contributed by atoms with Crippen LogP contribution in [0.25, 0.3) is 0 Å². The third-order valence-corrected chi connectivity index (χ3v) is 5.45. The van der Waals surface area contributed by atoms with Gasteiger partial charge >= 0.3 is 5.69 Å². The van der Waals surface area contributed by atoms with Gasteiger partial charge in [0.1, 0.15) is 5.69 Å². The highest BCUT2D eigenvalue weighted by Gasteiger charge is 2.33. The molecular formula is C20H23N5O4. The van der Waals surface area contributed by atoms with E-state index in [1.165, 1.54) is 23.4 Å². The highest BCUT2D eigenvalue weighted by molar-refractivity contribution is 5.82. The molecule has 1 atom stereocenters. The summed E-state index contributed by atoms with van der Waals surface area (Å²) in [6.07, 6.45) is 2.61. The van der Waals surface area contributed by atoms with Crippen molar-refractivity contribution in [2.45, 2.75) is 38.6 Å². The van der Waals surface area contributed by atoms with Gasteiger partial charge < -0.3 is 4.90 Å². The van der Waals surface area contributed by atoms with E-state index < -0.39 is 15.5 Å². The maximum atomic E-state index is 11.2. The molecule has 0 spiro atoms. The van der Waals surface area contributed by atoms with E-state index in [0.717, 1.165) is 18.1 Å². The van der Waals surface area contributed by atoms with E-state index in [4.69, 9.17) is 0 Å². The largest absolute Gasteiger partial charge is 0.369 e. The van der Waals surface area contributed by atoms with E-state index in [1.54, 1.807) is 6.21 Å². The average molecular weight is 397 g/mol. The third kappa shape index (κ3) is 4.03. The Balaban J connectivity index is 1.83. The van der Waals surface area contributed by atoms with Crippen molar-refractivity contribution in [3.8, 4) is 0 Å². The van der Waals surface area contributed by atoms with Crippen molar-refractivity contribution in [1.29, 1.82) is 0 Å². The van der Waals surface area contributed by atoms with Crippen molar-refractivity contribution in [3.63, 3.8) is 0 Å². The van der Waals surface area contributed by atoms with Crippen LogP contribution in [0.15, 0.2) is 41.5 Å². The molecule has 29 heavy (non-hydrogen) atoms. The van der Waals surface area contributed by atoms with E-state index in [-0.39, 0.29) is 16.9 Å². The fourth-order valence-electron chi connectivity index (χ4n) is 3.73. The molecule has 2 aromatic rings. The van der Waals surface area contributed by atoms with Crippen molar-refractivity contribution in [1.82, 2.24) is 0 Å².